The van der Waals surface area contributed by atoms with Crippen molar-refractivity contribution in [3.63, 3.8) is 0 Å². The molecule has 0 saturated carbocycles. The molecular weight excluding hydrogens is 120 g/mol. The van der Waals surface area contributed by atoms with Crippen LogP contribution in [0.15, 0.2) is 0 Å². The molecule has 0 aromatic heterocycles. The Morgan fingerprint density at radius 2 is 2.50 bits per heavy atom. The van der Waals surface area contributed by atoms with Gasteiger partial charge in [-0.2, -0.15) is 0 Å². The smallest absolute Gasteiger partial charge is 0.140 e. The largest absolute Gasteiger partial charge is 0.299 e. The molecule has 0 radical (unpaired) electrons. The maximum atomic E-state index is 9.94. The molecule has 0 heterocycles. The maximum Gasteiger partial charge on any atom is 0.140 e. The highest BCUT2D eigenvalue weighted by Gasteiger charge is 1.86. The topological polar surface area (TPSA) is 17.1 Å². The van der Waals surface area contributed by atoms with Gasteiger partial charge in [-0.3, -0.25) is 4.79 Å². The number of rotatable bonds is 2. The van der Waals surface area contributed by atoms with Crippen molar-refractivity contribution < 1.29 is 4.79 Å². The van der Waals surface area contributed by atoms with Crippen LogP contribution >= 0.6 is 21.7 Å². The van der Waals surface area contributed by atoms with Crippen LogP contribution in [0.25, 0.3) is 0 Å². The van der Waals surface area contributed by atoms with Crippen molar-refractivity contribution in [1.82, 2.24) is 0 Å². The van der Waals surface area contributed by atoms with Gasteiger partial charge in [0.05, 0.1) is 5.75 Å². The lowest BCUT2D eigenvalue weighted by Gasteiger charge is -1.78. The molecule has 0 unspecified atom stereocenters. The van der Waals surface area contributed by atoms with Crippen LogP contribution in [0, 0.1) is 0 Å². The number of hydrogen-bond acceptors (Lipinski definition) is 2. The van der Waals surface area contributed by atoms with Crippen LogP contribution in [0.1, 0.15) is 6.92 Å². The predicted octanol–water partition coefficient (Wildman–Crippen LogP) is 1.46. The van der Waals surface area contributed by atoms with E-state index in [1.807, 2.05) is 0 Å². The highest BCUT2D eigenvalue weighted by atomic mass is 35.7. The van der Waals surface area contributed by atoms with Crippen LogP contribution in [0.3, 0.4) is 0 Å². The van der Waals surface area contributed by atoms with Gasteiger partial charge in [-0.25, -0.2) is 0 Å². The quantitative estimate of drug-likeness (QED) is 0.555. The Balaban J connectivity index is 2.83. The van der Waals surface area contributed by atoms with E-state index < -0.39 is 0 Å². The summed E-state index contributed by atoms with van der Waals surface area (Å²) in [6.07, 6.45) is 0. The van der Waals surface area contributed by atoms with Gasteiger partial charge in [0.15, 0.2) is 0 Å². The number of Topliss-reactive ketones (excluding diaryl/α,β-unsaturated/α-hetero) is 1. The third-order valence-corrected chi connectivity index (χ3v) is 1.10. The average Bonchev–Trinajstić information content (AvgIpc) is 1.35. The molecule has 0 aromatic carbocycles. The summed E-state index contributed by atoms with van der Waals surface area (Å²) in [5.74, 6) is 0.539. The van der Waals surface area contributed by atoms with E-state index in [0.717, 1.165) is 11.0 Å². The molecular formula is C3H5ClOS. The molecule has 3 heteroatoms. The van der Waals surface area contributed by atoms with E-state index in [9.17, 15) is 4.79 Å². The summed E-state index contributed by atoms with van der Waals surface area (Å²) in [7, 11) is 6.12. The van der Waals surface area contributed by atoms with Gasteiger partial charge in [0.1, 0.15) is 5.78 Å². The summed E-state index contributed by atoms with van der Waals surface area (Å²) in [4.78, 5) is 9.94. The van der Waals surface area contributed by atoms with E-state index in [0.29, 0.717) is 5.75 Å². The molecule has 1 nitrogen and oxygen atoms in total. The minimum absolute atomic E-state index is 0.120. The minimum Gasteiger partial charge on any atom is -0.299 e. The average molecular weight is 125 g/mol. The van der Waals surface area contributed by atoms with Crippen LogP contribution in [-0.4, -0.2) is 11.5 Å². The van der Waals surface area contributed by atoms with Crippen molar-refractivity contribution in [3.8, 4) is 0 Å². The van der Waals surface area contributed by atoms with Gasteiger partial charge in [-0.15, -0.1) is 0 Å². The minimum atomic E-state index is 0.120. The number of carbonyl (C=O) groups excluding carboxylic acids is 1. The summed E-state index contributed by atoms with van der Waals surface area (Å²) < 4.78 is 0. The molecule has 0 aliphatic heterocycles. The van der Waals surface area contributed by atoms with E-state index in [-0.39, 0.29) is 5.78 Å². The Morgan fingerprint density at radius 1 is 2.00 bits per heavy atom. The second-order valence-corrected chi connectivity index (χ2v) is 2.12. The van der Waals surface area contributed by atoms with Gasteiger partial charge in [0.2, 0.25) is 0 Å². The Hall–Kier alpha value is 0.310. The van der Waals surface area contributed by atoms with Crippen molar-refractivity contribution in [2.75, 3.05) is 5.75 Å². The van der Waals surface area contributed by atoms with Gasteiger partial charge >= 0.3 is 0 Å². The molecule has 0 amide bonds. The zero-order valence-corrected chi connectivity index (χ0v) is 4.97. The summed E-state index contributed by atoms with van der Waals surface area (Å²) in [6, 6.07) is 0. The van der Waals surface area contributed by atoms with Gasteiger partial charge in [0.25, 0.3) is 0 Å². The first-order valence-electron chi connectivity index (χ1n) is 1.50. The molecule has 0 atom stereocenters. The zero-order valence-electron chi connectivity index (χ0n) is 3.40. The predicted molar refractivity (Wildman–Crippen MR) is 29.0 cm³/mol. The molecule has 0 saturated heterocycles. The number of ketones is 1. The van der Waals surface area contributed by atoms with Crippen LogP contribution in [-0.2, 0) is 4.79 Å². The fourth-order valence-electron chi connectivity index (χ4n) is 0.0768. The van der Waals surface area contributed by atoms with E-state index in [1.165, 1.54) is 6.92 Å². The highest BCUT2D eigenvalue weighted by Crippen LogP contribution is 2.03. The molecule has 0 aliphatic carbocycles. The fraction of sp³-hybridized carbons (Fsp3) is 0.667. The van der Waals surface area contributed by atoms with E-state index >= 15 is 0 Å². The van der Waals surface area contributed by atoms with Crippen LogP contribution in [0.4, 0.5) is 0 Å². The Kier molecular flexibility index (Phi) is 3.68. The number of carbonyl (C=O) groups is 1. The van der Waals surface area contributed by atoms with Gasteiger partial charge in [-0.05, 0) is 28.6 Å². The first-order chi connectivity index (χ1) is 2.77. The summed E-state index contributed by atoms with van der Waals surface area (Å²) in [5, 5.41) is 0. The van der Waals surface area contributed by atoms with Crippen molar-refractivity contribution in [2.45, 2.75) is 6.92 Å². The molecule has 0 rings (SSSR count). The highest BCUT2D eigenvalue weighted by molar-refractivity contribution is 8.21. The third-order valence-electron chi connectivity index (χ3n) is 0.258. The van der Waals surface area contributed by atoms with Crippen molar-refractivity contribution in [3.05, 3.63) is 0 Å². The Bertz CT molecular complexity index is 54.8. The third kappa shape index (κ3) is 4.31. The van der Waals surface area contributed by atoms with Crippen LogP contribution in [0.5, 0.6) is 0 Å². The van der Waals surface area contributed by atoms with Crippen molar-refractivity contribution >= 4 is 27.4 Å². The first-order valence-corrected chi connectivity index (χ1v) is 3.31. The standard InChI is InChI=1S/C3H5ClOS/c1-3(5)2-6-4/h2H2,1H3. The number of hydrogen-bond donors (Lipinski definition) is 0. The fourth-order valence-corrected chi connectivity index (χ4v) is 0.691. The Morgan fingerprint density at radius 3 is 2.50 bits per heavy atom. The molecule has 0 bridgehead atoms. The lowest BCUT2D eigenvalue weighted by atomic mass is 10.5. The van der Waals surface area contributed by atoms with E-state index in [4.69, 9.17) is 10.7 Å². The first kappa shape index (κ1) is 6.31. The SMILES string of the molecule is CC(=O)CSCl. The van der Waals surface area contributed by atoms with Crippen molar-refractivity contribution in [2.24, 2.45) is 0 Å². The van der Waals surface area contributed by atoms with Gasteiger partial charge < -0.3 is 0 Å². The van der Waals surface area contributed by atoms with Crippen LogP contribution < -0.4 is 0 Å². The Labute approximate surface area is 45.6 Å². The molecule has 0 fully saturated rings. The summed E-state index contributed by atoms with van der Waals surface area (Å²) in [6.45, 7) is 1.51. The van der Waals surface area contributed by atoms with Gasteiger partial charge in [-0.1, -0.05) is 0 Å². The second-order valence-electron chi connectivity index (χ2n) is 0.955. The zero-order chi connectivity index (χ0) is 4.99. The molecule has 36 valence electrons. The summed E-state index contributed by atoms with van der Waals surface area (Å²) >= 11 is 0. The summed E-state index contributed by atoms with van der Waals surface area (Å²) in [5.41, 5.74) is 0. The molecule has 0 aromatic rings. The van der Waals surface area contributed by atoms with Gasteiger partial charge in [0, 0.05) is 0 Å². The molecule has 0 aliphatic rings. The lowest BCUT2D eigenvalue weighted by Crippen LogP contribution is -1.88. The maximum absolute atomic E-state index is 9.94. The molecule has 6 heavy (non-hydrogen) atoms. The second kappa shape index (κ2) is 3.50. The monoisotopic (exact) mass is 124 g/mol. The van der Waals surface area contributed by atoms with E-state index in [1.54, 1.807) is 0 Å². The van der Waals surface area contributed by atoms with Crippen LogP contribution in [0.2, 0.25) is 0 Å². The molecule has 0 N–H and O–H groups in total. The lowest BCUT2D eigenvalue weighted by molar-refractivity contribution is -0.114. The van der Waals surface area contributed by atoms with Crippen molar-refractivity contribution in [1.29, 1.82) is 0 Å². The molecule has 0 spiro atoms. The number of halogens is 1. The van der Waals surface area contributed by atoms with E-state index in [2.05, 4.69) is 0 Å². The normalized spacial score (nSPS) is 8.33.